The number of fused-ring (bicyclic) bond motifs is 1. The smallest absolute Gasteiger partial charge is 0.248 e. The van der Waals surface area contributed by atoms with Crippen LogP contribution in [0.2, 0.25) is 0 Å². The van der Waals surface area contributed by atoms with E-state index in [9.17, 15) is 4.79 Å². The third kappa shape index (κ3) is 3.77. The summed E-state index contributed by atoms with van der Waals surface area (Å²) < 4.78 is 0. The second-order valence-corrected chi connectivity index (χ2v) is 4.14. The highest BCUT2D eigenvalue weighted by atomic mass is 16.1. The van der Waals surface area contributed by atoms with Gasteiger partial charge in [0.1, 0.15) is 6.33 Å². The standard InChI is InChI=1S/C7H9N3.C7H7NO/c1-2-6-7(9-3-1)4-8-5-10-6;8-7(9)6-4-2-1-3-5-6/h4-5,9H,1-3H2;1-5H,(H2,8,9). The van der Waals surface area contributed by atoms with Crippen molar-refractivity contribution in [3.8, 4) is 0 Å². The van der Waals surface area contributed by atoms with Gasteiger partial charge in [-0.25, -0.2) is 9.97 Å². The highest BCUT2D eigenvalue weighted by Crippen LogP contribution is 2.16. The molecule has 1 aliphatic heterocycles. The van der Waals surface area contributed by atoms with E-state index in [1.54, 1.807) is 30.6 Å². The number of hydrogen-bond donors (Lipinski definition) is 2. The van der Waals surface area contributed by atoms with E-state index >= 15 is 0 Å². The predicted octanol–water partition coefficient (Wildman–Crippen LogP) is 1.62. The molecule has 3 N–H and O–H groups in total. The number of primary amides is 1. The van der Waals surface area contributed by atoms with Crippen molar-refractivity contribution in [2.45, 2.75) is 12.8 Å². The van der Waals surface area contributed by atoms with Crippen LogP contribution in [0.15, 0.2) is 42.9 Å². The molecular formula is C14H16N4O. The summed E-state index contributed by atoms with van der Waals surface area (Å²) in [7, 11) is 0. The maximum Gasteiger partial charge on any atom is 0.248 e. The third-order valence-electron chi connectivity index (χ3n) is 2.76. The maximum atomic E-state index is 10.4. The zero-order valence-corrected chi connectivity index (χ0v) is 10.5. The topological polar surface area (TPSA) is 80.9 Å². The molecule has 0 spiro atoms. The van der Waals surface area contributed by atoms with E-state index in [2.05, 4.69) is 15.3 Å². The molecule has 3 rings (SSSR count). The van der Waals surface area contributed by atoms with Gasteiger partial charge in [0, 0.05) is 12.1 Å². The minimum atomic E-state index is -0.379. The van der Waals surface area contributed by atoms with Crippen molar-refractivity contribution >= 4 is 11.6 Å². The molecule has 5 nitrogen and oxygen atoms in total. The molecule has 0 radical (unpaired) electrons. The summed E-state index contributed by atoms with van der Waals surface area (Å²) in [6.45, 7) is 1.06. The lowest BCUT2D eigenvalue weighted by Crippen LogP contribution is -2.12. The summed E-state index contributed by atoms with van der Waals surface area (Å²) in [5, 5.41) is 3.24. The maximum absolute atomic E-state index is 10.4. The van der Waals surface area contributed by atoms with Gasteiger partial charge in [-0.15, -0.1) is 0 Å². The summed E-state index contributed by atoms with van der Waals surface area (Å²) in [5.74, 6) is -0.379. The lowest BCUT2D eigenvalue weighted by atomic mass is 10.1. The Morgan fingerprint density at radius 3 is 2.68 bits per heavy atom. The normalized spacial score (nSPS) is 12.4. The van der Waals surface area contributed by atoms with Gasteiger partial charge in [-0.1, -0.05) is 18.2 Å². The Morgan fingerprint density at radius 1 is 1.26 bits per heavy atom. The molecular weight excluding hydrogens is 240 g/mol. The quantitative estimate of drug-likeness (QED) is 0.812. The molecule has 2 heterocycles. The number of nitrogens with zero attached hydrogens (tertiary/aromatic N) is 2. The number of aryl methyl sites for hydroxylation is 1. The number of rotatable bonds is 1. The van der Waals surface area contributed by atoms with E-state index in [-0.39, 0.29) is 5.91 Å². The number of carbonyl (C=O) groups excluding carboxylic acids is 1. The molecule has 0 fully saturated rings. The van der Waals surface area contributed by atoms with E-state index < -0.39 is 0 Å². The number of nitrogens with one attached hydrogen (secondary N) is 1. The van der Waals surface area contributed by atoms with Crippen LogP contribution in [-0.2, 0) is 6.42 Å². The number of benzene rings is 1. The number of amides is 1. The summed E-state index contributed by atoms with van der Waals surface area (Å²) in [6, 6.07) is 8.76. The van der Waals surface area contributed by atoms with Crippen LogP contribution in [0.3, 0.4) is 0 Å². The molecule has 0 unspecified atom stereocenters. The van der Waals surface area contributed by atoms with E-state index in [1.807, 2.05) is 12.3 Å². The SMILES string of the molecule is NC(=O)c1ccccc1.c1ncc2c(n1)CCCN2. The molecule has 1 aromatic carbocycles. The van der Waals surface area contributed by atoms with Crippen LogP contribution >= 0.6 is 0 Å². The zero-order chi connectivity index (χ0) is 13.5. The van der Waals surface area contributed by atoms with Crippen LogP contribution in [0.1, 0.15) is 22.5 Å². The van der Waals surface area contributed by atoms with E-state index in [1.165, 1.54) is 6.42 Å². The summed E-state index contributed by atoms with van der Waals surface area (Å²) in [4.78, 5) is 18.5. The minimum Gasteiger partial charge on any atom is -0.382 e. The highest BCUT2D eigenvalue weighted by Gasteiger charge is 2.07. The molecule has 1 amide bonds. The van der Waals surface area contributed by atoms with Crippen LogP contribution in [-0.4, -0.2) is 22.4 Å². The lowest BCUT2D eigenvalue weighted by Gasteiger charge is -2.14. The minimum absolute atomic E-state index is 0.379. The van der Waals surface area contributed by atoms with Crippen LogP contribution < -0.4 is 11.1 Å². The Hall–Kier alpha value is -2.43. The van der Waals surface area contributed by atoms with Crippen LogP contribution in [0.4, 0.5) is 5.69 Å². The number of aromatic nitrogens is 2. The van der Waals surface area contributed by atoms with Gasteiger partial charge in [-0.3, -0.25) is 4.79 Å². The van der Waals surface area contributed by atoms with Gasteiger partial charge in [-0.05, 0) is 25.0 Å². The van der Waals surface area contributed by atoms with Crippen molar-refractivity contribution in [3.63, 3.8) is 0 Å². The van der Waals surface area contributed by atoms with Gasteiger partial charge < -0.3 is 11.1 Å². The van der Waals surface area contributed by atoms with Gasteiger partial charge in [-0.2, -0.15) is 0 Å². The monoisotopic (exact) mass is 256 g/mol. The predicted molar refractivity (Wildman–Crippen MR) is 73.8 cm³/mol. The van der Waals surface area contributed by atoms with Gasteiger partial charge in [0.15, 0.2) is 0 Å². The summed E-state index contributed by atoms with van der Waals surface area (Å²) >= 11 is 0. The summed E-state index contributed by atoms with van der Waals surface area (Å²) in [6.07, 6.45) is 5.71. The fourth-order valence-corrected chi connectivity index (χ4v) is 1.78. The van der Waals surface area contributed by atoms with E-state index in [0.29, 0.717) is 5.56 Å². The first-order valence-corrected chi connectivity index (χ1v) is 6.15. The van der Waals surface area contributed by atoms with Gasteiger partial charge in [0.2, 0.25) is 5.91 Å². The van der Waals surface area contributed by atoms with Gasteiger partial charge >= 0.3 is 0 Å². The molecule has 0 saturated heterocycles. The zero-order valence-electron chi connectivity index (χ0n) is 10.5. The van der Waals surface area contributed by atoms with Crippen LogP contribution in [0, 0.1) is 0 Å². The Morgan fingerprint density at radius 2 is 2.05 bits per heavy atom. The first-order valence-electron chi connectivity index (χ1n) is 6.15. The van der Waals surface area contributed by atoms with Crippen molar-refractivity contribution in [1.82, 2.24) is 9.97 Å². The van der Waals surface area contributed by atoms with Crippen molar-refractivity contribution in [2.75, 3.05) is 11.9 Å². The molecule has 2 aromatic rings. The van der Waals surface area contributed by atoms with Crippen molar-refractivity contribution in [1.29, 1.82) is 0 Å². The number of anilines is 1. The van der Waals surface area contributed by atoms with Gasteiger partial charge in [0.05, 0.1) is 17.6 Å². The molecule has 0 atom stereocenters. The fraction of sp³-hybridized carbons (Fsp3) is 0.214. The Labute approximate surface area is 111 Å². The first-order chi connectivity index (χ1) is 9.27. The van der Waals surface area contributed by atoms with Crippen molar-refractivity contribution in [2.24, 2.45) is 5.73 Å². The second kappa shape index (κ2) is 6.49. The van der Waals surface area contributed by atoms with E-state index in [4.69, 9.17) is 5.73 Å². The molecule has 98 valence electrons. The molecule has 1 aromatic heterocycles. The number of nitrogens with two attached hydrogens (primary N) is 1. The average molecular weight is 256 g/mol. The number of hydrogen-bond acceptors (Lipinski definition) is 4. The summed E-state index contributed by atoms with van der Waals surface area (Å²) in [5.41, 5.74) is 7.79. The van der Waals surface area contributed by atoms with E-state index in [0.717, 1.165) is 24.3 Å². The van der Waals surface area contributed by atoms with Crippen molar-refractivity contribution < 1.29 is 4.79 Å². The lowest BCUT2D eigenvalue weighted by molar-refractivity contribution is 0.100. The molecule has 5 heteroatoms. The van der Waals surface area contributed by atoms with Gasteiger partial charge in [0.25, 0.3) is 0 Å². The van der Waals surface area contributed by atoms with Crippen molar-refractivity contribution in [3.05, 3.63) is 54.1 Å². The third-order valence-corrected chi connectivity index (χ3v) is 2.76. The molecule has 1 aliphatic rings. The van der Waals surface area contributed by atoms with Crippen LogP contribution in [0.5, 0.6) is 0 Å². The Balaban J connectivity index is 0.000000141. The molecule has 0 aliphatic carbocycles. The Kier molecular flexibility index (Phi) is 4.44. The highest BCUT2D eigenvalue weighted by molar-refractivity contribution is 5.92. The fourth-order valence-electron chi connectivity index (χ4n) is 1.78. The van der Waals surface area contributed by atoms with Crippen LogP contribution in [0.25, 0.3) is 0 Å². The Bertz CT molecular complexity index is 517. The molecule has 0 bridgehead atoms. The molecule has 19 heavy (non-hydrogen) atoms. The number of carbonyl (C=O) groups is 1. The largest absolute Gasteiger partial charge is 0.382 e. The first kappa shape index (κ1) is 13.0. The second-order valence-electron chi connectivity index (χ2n) is 4.14. The molecule has 0 saturated carbocycles. The average Bonchev–Trinajstić information content (AvgIpc) is 2.49.